The Morgan fingerprint density at radius 1 is 1.35 bits per heavy atom. The number of rotatable bonds is 1. The maximum absolute atomic E-state index is 12.4. The molecule has 0 aromatic carbocycles. The van der Waals surface area contributed by atoms with Crippen LogP contribution in [-0.4, -0.2) is 48.1 Å². The van der Waals surface area contributed by atoms with Crippen molar-refractivity contribution >= 4 is 11.8 Å². The Kier molecular flexibility index (Phi) is 3.66. The molecule has 2 aliphatic rings. The highest BCUT2D eigenvalue weighted by molar-refractivity contribution is 5.89. The van der Waals surface area contributed by atoms with E-state index >= 15 is 0 Å². The van der Waals surface area contributed by atoms with Gasteiger partial charge in [-0.2, -0.15) is 0 Å². The van der Waals surface area contributed by atoms with E-state index in [0.29, 0.717) is 6.61 Å². The van der Waals surface area contributed by atoms with Crippen molar-refractivity contribution in [2.75, 3.05) is 13.2 Å². The van der Waals surface area contributed by atoms with Gasteiger partial charge in [0.2, 0.25) is 11.8 Å². The van der Waals surface area contributed by atoms with Crippen LogP contribution in [0.4, 0.5) is 0 Å². The fourth-order valence-electron chi connectivity index (χ4n) is 2.72. The Bertz CT molecular complexity index is 309. The van der Waals surface area contributed by atoms with Gasteiger partial charge in [0.15, 0.2) is 0 Å². The fraction of sp³-hybridized carbons (Fsp3) is 0.833. The van der Waals surface area contributed by atoms with Crippen LogP contribution in [0, 0.1) is 0 Å². The van der Waals surface area contributed by atoms with Crippen molar-refractivity contribution in [3.63, 3.8) is 0 Å². The number of likely N-dealkylation sites (tertiary alicyclic amines) is 1. The van der Waals surface area contributed by atoms with E-state index in [9.17, 15) is 9.59 Å². The molecule has 96 valence electrons. The van der Waals surface area contributed by atoms with E-state index in [-0.39, 0.29) is 30.5 Å². The number of ether oxygens (including phenoxy) is 1. The first-order valence-electron chi connectivity index (χ1n) is 6.29. The van der Waals surface area contributed by atoms with Gasteiger partial charge in [0.25, 0.3) is 0 Å². The molecular weight excluding hydrogens is 220 g/mol. The quantitative estimate of drug-likeness (QED) is 0.716. The normalized spacial score (nSPS) is 34.4. The minimum Gasteiger partial charge on any atom is -0.369 e. The number of morpholine rings is 1. The van der Waals surface area contributed by atoms with E-state index in [0.717, 1.165) is 12.8 Å². The van der Waals surface area contributed by atoms with Crippen LogP contribution in [0.2, 0.25) is 0 Å². The summed E-state index contributed by atoms with van der Waals surface area (Å²) in [5.41, 5.74) is 0. The monoisotopic (exact) mass is 240 g/mol. The number of carbonyl (C=O) groups is 2. The molecule has 0 spiro atoms. The number of carbonyl (C=O) groups excluding carboxylic acids is 2. The average molecular weight is 240 g/mol. The molecule has 2 amide bonds. The van der Waals surface area contributed by atoms with E-state index < -0.39 is 6.04 Å². The van der Waals surface area contributed by atoms with Gasteiger partial charge in [-0.3, -0.25) is 9.59 Å². The molecule has 2 saturated heterocycles. The van der Waals surface area contributed by atoms with E-state index in [1.165, 1.54) is 6.42 Å². The number of piperidine rings is 1. The Hall–Kier alpha value is -1.10. The van der Waals surface area contributed by atoms with Gasteiger partial charge in [0.1, 0.15) is 12.6 Å². The minimum absolute atomic E-state index is 0.00208. The summed E-state index contributed by atoms with van der Waals surface area (Å²) in [5, 5.41) is 2.70. The zero-order chi connectivity index (χ0) is 12.4. The maximum Gasteiger partial charge on any atom is 0.248 e. The molecule has 3 atom stereocenters. The summed E-state index contributed by atoms with van der Waals surface area (Å²) in [6.07, 6.45) is 3.24. The van der Waals surface area contributed by atoms with Crippen molar-refractivity contribution < 1.29 is 14.3 Å². The van der Waals surface area contributed by atoms with Crippen molar-refractivity contribution in [2.45, 2.75) is 51.2 Å². The van der Waals surface area contributed by atoms with E-state index in [1.54, 1.807) is 0 Å². The average Bonchev–Trinajstić information content (AvgIpc) is 2.28. The molecule has 0 aromatic rings. The van der Waals surface area contributed by atoms with Gasteiger partial charge in [-0.15, -0.1) is 0 Å². The van der Waals surface area contributed by atoms with Gasteiger partial charge < -0.3 is 15.0 Å². The van der Waals surface area contributed by atoms with Crippen molar-refractivity contribution in [3.8, 4) is 0 Å². The molecule has 2 rings (SSSR count). The molecular formula is C12H20N2O3. The molecule has 5 heteroatoms. The third kappa shape index (κ3) is 2.60. The highest BCUT2D eigenvalue weighted by Crippen LogP contribution is 2.23. The zero-order valence-corrected chi connectivity index (χ0v) is 10.4. The highest BCUT2D eigenvalue weighted by atomic mass is 16.5. The van der Waals surface area contributed by atoms with Crippen LogP contribution in [0.5, 0.6) is 0 Å². The van der Waals surface area contributed by atoms with Gasteiger partial charge >= 0.3 is 0 Å². The summed E-state index contributed by atoms with van der Waals surface area (Å²) in [6, 6.07) is 0.00871. The van der Waals surface area contributed by atoms with E-state index in [4.69, 9.17) is 4.74 Å². The number of hydrogen-bond acceptors (Lipinski definition) is 3. The smallest absolute Gasteiger partial charge is 0.248 e. The van der Waals surface area contributed by atoms with Crippen LogP contribution >= 0.6 is 0 Å². The van der Waals surface area contributed by atoms with Gasteiger partial charge in [-0.25, -0.2) is 0 Å². The van der Waals surface area contributed by atoms with Gasteiger partial charge in [-0.05, 0) is 33.1 Å². The Morgan fingerprint density at radius 2 is 2.00 bits per heavy atom. The number of nitrogens with zero attached hydrogens (tertiary/aromatic N) is 1. The second kappa shape index (κ2) is 5.04. The van der Waals surface area contributed by atoms with E-state index in [2.05, 4.69) is 19.2 Å². The van der Waals surface area contributed by atoms with Gasteiger partial charge in [0.05, 0.1) is 6.61 Å². The van der Waals surface area contributed by atoms with Crippen LogP contribution in [0.1, 0.15) is 33.1 Å². The first-order valence-corrected chi connectivity index (χ1v) is 6.29. The van der Waals surface area contributed by atoms with Crippen molar-refractivity contribution in [3.05, 3.63) is 0 Å². The molecule has 3 unspecified atom stereocenters. The lowest BCUT2D eigenvalue weighted by atomic mass is 9.96. The topological polar surface area (TPSA) is 58.6 Å². The zero-order valence-electron chi connectivity index (χ0n) is 10.4. The number of hydrogen-bond donors (Lipinski definition) is 1. The Labute approximate surface area is 101 Å². The second-order valence-electron chi connectivity index (χ2n) is 5.01. The molecule has 1 N–H and O–H groups in total. The van der Waals surface area contributed by atoms with Crippen LogP contribution in [0.25, 0.3) is 0 Å². The van der Waals surface area contributed by atoms with E-state index in [1.807, 2.05) is 4.90 Å². The summed E-state index contributed by atoms with van der Waals surface area (Å²) in [4.78, 5) is 25.5. The number of amides is 2. The number of nitrogens with one attached hydrogen (secondary N) is 1. The lowest BCUT2D eigenvalue weighted by Crippen LogP contribution is -2.59. The molecule has 2 heterocycles. The molecule has 5 nitrogen and oxygen atoms in total. The Balaban J connectivity index is 2.04. The maximum atomic E-state index is 12.4. The molecule has 0 bridgehead atoms. The molecule has 0 saturated carbocycles. The first kappa shape index (κ1) is 12.4. The lowest BCUT2D eigenvalue weighted by molar-refractivity contribution is -0.148. The molecule has 17 heavy (non-hydrogen) atoms. The summed E-state index contributed by atoms with van der Waals surface area (Å²) in [6.45, 7) is 4.49. The van der Waals surface area contributed by atoms with Crippen LogP contribution in [0.15, 0.2) is 0 Å². The fourth-order valence-corrected chi connectivity index (χ4v) is 2.72. The minimum atomic E-state index is -0.501. The van der Waals surface area contributed by atoms with Crippen molar-refractivity contribution in [2.24, 2.45) is 0 Å². The van der Waals surface area contributed by atoms with Crippen LogP contribution in [0.3, 0.4) is 0 Å². The third-order valence-corrected chi connectivity index (χ3v) is 3.60. The SMILES string of the molecule is CC1CCCC(C)N1C(=O)C1COCC(=O)N1. The largest absolute Gasteiger partial charge is 0.369 e. The predicted octanol–water partition coefficient (Wildman–Crippen LogP) is 0.291. The van der Waals surface area contributed by atoms with Gasteiger partial charge in [0, 0.05) is 12.1 Å². The lowest BCUT2D eigenvalue weighted by Gasteiger charge is -2.41. The summed E-state index contributed by atoms with van der Waals surface area (Å²) < 4.78 is 5.12. The standard InChI is InChI=1S/C12H20N2O3/c1-8-4-3-5-9(2)14(8)12(16)10-6-17-7-11(15)13-10/h8-10H,3-7H2,1-2H3,(H,13,15). The molecule has 0 radical (unpaired) electrons. The Morgan fingerprint density at radius 3 is 2.59 bits per heavy atom. The van der Waals surface area contributed by atoms with Crippen molar-refractivity contribution in [1.82, 2.24) is 10.2 Å². The van der Waals surface area contributed by atoms with Crippen molar-refractivity contribution in [1.29, 1.82) is 0 Å². The molecule has 2 fully saturated rings. The summed E-state index contributed by atoms with van der Waals surface area (Å²) in [5.74, 6) is -0.204. The third-order valence-electron chi connectivity index (χ3n) is 3.60. The first-order chi connectivity index (χ1) is 8.09. The molecule has 2 aliphatic heterocycles. The summed E-state index contributed by atoms with van der Waals surface area (Å²) >= 11 is 0. The molecule has 0 aliphatic carbocycles. The molecule has 0 aromatic heterocycles. The summed E-state index contributed by atoms with van der Waals surface area (Å²) in [7, 11) is 0. The predicted molar refractivity (Wildman–Crippen MR) is 62.4 cm³/mol. The van der Waals surface area contributed by atoms with Crippen LogP contribution in [-0.2, 0) is 14.3 Å². The highest BCUT2D eigenvalue weighted by Gasteiger charge is 2.35. The second-order valence-corrected chi connectivity index (χ2v) is 5.01. The van der Waals surface area contributed by atoms with Gasteiger partial charge in [-0.1, -0.05) is 0 Å². The van der Waals surface area contributed by atoms with Crippen LogP contribution < -0.4 is 5.32 Å².